The predicted molar refractivity (Wildman–Crippen MR) is 103 cm³/mol. The second kappa shape index (κ2) is 6.92. The predicted octanol–water partition coefficient (Wildman–Crippen LogP) is 3.67. The van der Waals surface area contributed by atoms with Gasteiger partial charge in [0.05, 0.1) is 6.54 Å². The van der Waals surface area contributed by atoms with E-state index < -0.39 is 5.97 Å². The van der Waals surface area contributed by atoms with Crippen molar-refractivity contribution in [3.8, 4) is 11.6 Å². The van der Waals surface area contributed by atoms with E-state index in [-0.39, 0.29) is 0 Å². The molecule has 0 aliphatic carbocycles. The highest BCUT2D eigenvalue weighted by Crippen LogP contribution is 2.31. The van der Waals surface area contributed by atoms with Gasteiger partial charge in [0.25, 0.3) is 0 Å². The third-order valence-corrected chi connectivity index (χ3v) is 4.27. The third-order valence-electron chi connectivity index (χ3n) is 4.27. The van der Waals surface area contributed by atoms with Crippen molar-refractivity contribution in [1.82, 2.24) is 19.3 Å². The van der Waals surface area contributed by atoms with E-state index in [9.17, 15) is 4.79 Å². The minimum atomic E-state index is -0.525. The van der Waals surface area contributed by atoms with Gasteiger partial charge in [0.2, 0.25) is 0 Å². The van der Waals surface area contributed by atoms with Crippen LogP contribution in [0.5, 0.6) is 5.75 Å². The topological polar surface area (TPSA) is 61.9 Å². The lowest BCUT2D eigenvalue weighted by Crippen LogP contribution is -2.11. The zero-order valence-corrected chi connectivity index (χ0v) is 14.9. The van der Waals surface area contributed by atoms with Gasteiger partial charge < -0.3 is 4.74 Å². The molecule has 0 aliphatic heterocycles. The summed E-state index contributed by atoms with van der Waals surface area (Å²) in [5, 5.41) is 5.60. The number of hydrogen-bond acceptors (Lipinski definition) is 4. The Bertz CT molecular complexity index is 1130. The zero-order valence-electron chi connectivity index (χ0n) is 14.9. The molecule has 0 bridgehead atoms. The highest BCUT2D eigenvalue weighted by atomic mass is 16.5. The van der Waals surface area contributed by atoms with Gasteiger partial charge in [-0.1, -0.05) is 36.9 Å². The van der Waals surface area contributed by atoms with Crippen molar-refractivity contribution < 1.29 is 9.53 Å². The van der Waals surface area contributed by atoms with Gasteiger partial charge in [-0.05, 0) is 30.7 Å². The molecule has 1 aromatic carbocycles. The summed E-state index contributed by atoms with van der Waals surface area (Å²) in [4.78, 5) is 16.4. The molecule has 0 saturated carbocycles. The molecule has 0 radical (unpaired) electrons. The molecule has 0 unspecified atom stereocenters. The largest absolute Gasteiger partial charge is 0.417 e. The van der Waals surface area contributed by atoms with Gasteiger partial charge >= 0.3 is 5.97 Å². The summed E-state index contributed by atoms with van der Waals surface area (Å²) < 4.78 is 9.24. The number of ether oxygens (including phenoxy) is 1. The van der Waals surface area contributed by atoms with E-state index >= 15 is 0 Å². The Morgan fingerprint density at radius 1 is 1.19 bits per heavy atom. The molecule has 27 heavy (non-hydrogen) atoms. The fourth-order valence-corrected chi connectivity index (χ4v) is 3.05. The lowest BCUT2D eigenvalue weighted by Gasteiger charge is -2.11. The first-order valence-corrected chi connectivity index (χ1v) is 8.55. The monoisotopic (exact) mass is 358 g/mol. The Balaban J connectivity index is 1.90. The van der Waals surface area contributed by atoms with Crippen LogP contribution in [-0.2, 0) is 11.3 Å². The van der Waals surface area contributed by atoms with Crippen molar-refractivity contribution in [3.63, 3.8) is 0 Å². The maximum Gasteiger partial charge on any atom is 0.335 e. The normalized spacial score (nSPS) is 10.9. The molecular formula is C21H18N4O2. The van der Waals surface area contributed by atoms with Crippen LogP contribution in [0.1, 0.15) is 11.3 Å². The summed E-state index contributed by atoms with van der Waals surface area (Å²) in [6.07, 6.45) is 4.78. The van der Waals surface area contributed by atoms with E-state index in [2.05, 4.69) is 16.7 Å². The molecule has 0 spiro atoms. The number of carbonyl (C=O) groups is 1. The summed E-state index contributed by atoms with van der Waals surface area (Å²) in [5.74, 6) is 0.530. The quantitative estimate of drug-likeness (QED) is 0.403. The first-order valence-electron chi connectivity index (χ1n) is 8.55. The highest BCUT2D eigenvalue weighted by Gasteiger charge is 2.22. The molecule has 3 heterocycles. The second-order valence-corrected chi connectivity index (χ2v) is 6.11. The summed E-state index contributed by atoms with van der Waals surface area (Å²) in [6, 6.07) is 15.8. The van der Waals surface area contributed by atoms with Crippen LogP contribution in [0.25, 0.3) is 16.9 Å². The minimum Gasteiger partial charge on any atom is -0.417 e. The summed E-state index contributed by atoms with van der Waals surface area (Å²) >= 11 is 0. The van der Waals surface area contributed by atoms with Crippen LogP contribution in [0.15, 0.2) is 73.6 Å². The molecule has 6 heteroatoms. The Morgan fingerprint density at radius 3 is 2.78 bits per heavy atom. The van der Waals surface area contributed by atoms with Crippen molar-refractivity contribution in [2.45, 2.75) is 13.5 Å². The van der Waals surface area contributed by atoms with Crippen LogP contribution in [-0.4, -0.2) is 25.3 Å². The average Bonchev–Trinajstić information content (AvgIpc) is 3.23. The molecule has 134 valence electrons. The standard InChI is InChI=1S/C21H18N4O2/c1-3-18(26)27-19-15(2)23-25(14-16-8-5-4-6-9-16)21(19)24-13-11-17-10-7-12-22-20(17)24/h3-13H,1,14H2,2H3. The van der Waals surface area contributed by atoms with E-state index in [1.165, 1.54) is 0 Å². The Labute approximate surface area is 156 Å². The van der Waals surface area contributed by atoms with Crippen LogP contribution in [0, 0.1) is 6.92 Å². The van der Waals surface area contributed by atoms with Gasteiger partial charge in [0.1, 0.15) is 11.3 Å². The molecule has 4 rings (SSSR count). The van der Waals surface area contributed by atoms with E-state index in [4.69, 9.17) is 4.74 Å². The average molecular weight is 358 g/mol. The fourth-order valence-electron chi connectivity index (χ4n) is 3.05. The lowest BCUT2D eigenvalue weighted by molar-refractivity contribution is -0.129. The number of fused-ring (bicyclic) bond motifs is 1. The molecule has 0 saturated heterocycles. The lowest BCUT2D eigenvalue weighted by atomic mass is 10.2. The molecule has 3 aromatic heterocycles. The molecule has 6 nitrogen and oxygen atoms in total. The number of pyridine rings is 1. The molecule has 0 N–H and O–H groups in total. The van der Waals surface area contributed by atoms with Gasteiger partial charge in [-0.2, -0.15) is 5.10 Å². The maximum absolute atomic E-state index is 11.9. The van der Waals surface area contributed by atoms with Crippen LogP contribution in [0.3, 0.4) is 0 Å². The zero-order chi connectivity index (χ0) is 18.8. The maximum atomic E-state index is 11.9. The summed E-state index contributed by atoms with van der Waals surface area (Å²) in [5.41, 5.74) is 2.48. The second-order valence-electron chi connectivity index (χ2n) is 6.11. The van der Waals surface area contributed by atoms with Crippen molar-refractivity contribution in [2.75, 3.05) is 0 Å². The highest BCUT2D eigenvalue weighted by molar-refractivity contribution is 5.85. The van der Waals surface area contributed by atoms with Gasteiger partial charge in [-0.25, -0.2) is 14.5 Å². The van der Waals surface area contributed by atoms with E-state index in [1.807, 2.05) is 70.9 Å². The van der Waals surface area contributed by atoms with Gasteiger partial charge in [0, 0.05) is 23.9 Å². The van der Waals surface area contributed by atoms with Crippen LogP contribution >= 0.6 is 0 Å². The Morgan fingerprint density at radius 2 is 2.00 bits per heavy atom. The number of rotatable bonds is 5. The van der Waals surface area contributed by atoms with Crippen LogP contribution < -0.4 is 4.74 Å². The Kier molecular flexibility index (Phi) is 4.30. The Hall–Kier alpha value is -3.67. The van der Waals surface area contributed by atoms with Crippen LogP contribution in [0.4, 0.5) is 0 Å². The number of aryl methyl sites for hydroxylation is 1. The molecule has 0 amide bonds. The first-order chi connectivity index (χ1) is 13.2. The van der Waals surface area contributed by atoms with Crippen molar-refractivity contribution in [1.29, 1.82) is 0 Å². The van der Waals surface area contributed by atoms with Crippen molar-refractivity contribution >= 4 is 17.0 Å². The fraction of sp³-hybridized carbons (Fsp3) is 0.0952. The summed E-state index contributed by atoms with van der Waals surface area (Å²) in [6.45, 7) is 5.83. The smallest absolute Gasteiger partial charge is 0.335 e. The van der Waals surface area contributed by atoms with Gasteiger partial charge in [-0.15, -0.1) is 0 Å². The number of hydrogen-bond donors (Lipinski definition) is 0. The minimum absolute atomic E-state index is 0.402. The van der Waals surface area contributed by atoms with Crippen molar-refractivity contribution in [3.05, 3.63) is 84.8 Å². The molecule has 0 aliphatic rings. The van der Waals surface area contributed by atoms with Gasteiger partial charge in [-0.3, -0.25) is 4.57 Å². The number of nitrogens with zero attached hydrogens (tertiary/aromatic N) is 4. The van der Waals surface area contributed by atoms with E-state index in [0.29, 0.717) is 23.8 Å². The van der Waals surface area contributed by atoms with Gasteiger partial charge in [0.15, 0.2) is 11.6 Å². The SMILES string of the molecule is C=CC(=O)Oc1c(C)nn(Cc2ccccc2)c1-n1ccc2cccnc21. The number of aromatic nitrogens is 4. The van der Waals surface area contributed by atoms with Crippen LogP contribution in [0.2, 0.25) is 0 Å². The summed E-state index contributed by atoms with van der Waals surface area (Å²) in [7, 11) is 0. The number of benzene rings is 1. The van der Waals surface area contributed by atoms with E-state index in [0.717, 1.165) is 22.7 Å². The molecular weight excluding hydrogens is 340 g/mol. The van der Waals surface area contributed by atoms with Crippen molar-refractivity contribution in [2.24, 2.45) is 0 Å². The van der Waals surface area contributed by atoms with E-state index in [1.54, 1.807) is 6.20 Å². The molecule has 0 fully saturated rings. The first kappa shape index (κ1) is 16.8. The number of carbonyl (C=O) groups excluding carboxylic acids is 1. The third kappa shape index (κ3) is 3.13. The molecule has 0 atom stereocenters. The number of esters is 1. The molecule has 4 aromatic rings.